The molecule has 1 atom stereocenters. The molecule has 0 aliphatic carbocycles. The smallest absolute Gasteiger partial charge is 0.463 e. The molecule has 0 aromatic carbocycles. The van der Waals surface area contributed by atoms with Crippen LogP contribution in [0.5, 0.6) is 6.01 Å². The third-order valence-corrected chi connectivity index (χ3v) is 6.31. The van der Waals surface area contributed by atoms with Crippen LogP contribution in [0.3, 0.4) is 0 Å². The van der Waals surface area contributed by atoms with Gasteiger partial charge in [0.15, 0.2) is 6.10 Å². The van der Waals surface area contributed by atoms with E-state index in [1.807, 2.05) is 27.7 Å². The highest BCUT2D eigenvalue weighted by molar-refractivity contribution is 6.61. The van der Waals surface area contributed by atoms with E-state index in [9.17, 15) is 9.90 Å². The second-order valence-electron chi connectivity index (χ2n) is 8.99. The number of aromatic nitrogens is 2. The molecule has 0 radical (unpaired) electrons. The predicted molar refractivity (Wildman–Crippen MR) is 110 cm³/mol. The number of carbonyl (C=O) groups is 1. The SMILES string of the molecule is CC1(C)OB(c2cnc(OCCC3CCN(C(=O)[C@@H](O)CO)CC3)nc2)OC1(C)C. The van der Waals surface area contributed by atoms with E-state index in [0.717, 1.165) is 24.7 Å². The Morgan fingerprint density at radius 2 is 1.80 bits per heavy atom. The highest BCUT2D eigenvalue weighted by atomic mass is 16.7. The summed E-state index contributed by atoms with van der Waals surface area (Å²) in [5.74, 6) is 0.0343. The lowest BCUT2D eigenvalue weighted by Gasteiger charge is -2.32. The van der Waals surface area contributed by atoms with Crippen LogP contribution >= 0.6 is 0 Å². The minimum atomic E-state index is -1.32. The molecule has 2 N–H and O–H groups in total. The molecule has 9 nitrogen and oxygen atoms in total. The van der Waals surface area contributed by atoms with Gasteiger partial charge in [0.2, 0.25) is 0 Å². The normalized spacial score (nSPS) is 22.2. The van der Waals surface area contributed by atoms with Crippen molar-refractivity contribution in [2.75, 3.05) is 26.3 Å². The number of hydrogen-bond donors (Lipinski definition) is 2. The van der Waals surface area contributed by atoms with E-state index >= 15 is 0 Å². The third-order valence-electron chi connectivity index (χ3n) is 6.31. The van der Waals surface area contributed by atoms with Gasteiger partial charge in [-0.05, 0) is 52.9 Å². The molecule has 1 aromatic heterocycles. The van der Waals surface area contributed by atoms with Crippen LogP contribution in [-0.2, 0) is 14.1 Å². The molecule has 30 heavy (non-hydrogen) atoms. The third kappa shape index (κ3) is 5.11. The zero-order valence-corrected chi connectivity index (χ0v) is 18.2. The fourth-order valence-electron chi connectivity index (χ4n) is 3.55. The fourth-order valence-corrected chi connectivity index (χ4v) is 3.55. The van der Waals surface area contributed by atoms with Crippen LogP contribution < -0.4 is 10.2 Å². The summed E-state index contributed by atoms with van der Waals surface area (Å²) in [7, 11) is -0.499. The summed E-state index contributed by atoms with van der Waals surface area (Å²) in [4.78, 5) is 22.0. The molecule has 1 aromatic rings. The van der Waals surface area contributed by atoms with Crippen LogP contribution in [-0.4, -0.2) is 81.7 Å². The number of aliphatic hydroxyl groups is 2. The molecule has 2 aliphatic heterocycles. The van der Waals surface area contributed by atoms with Crippen molar-refractivity contribution in [3.8, 4) is 6.01 Å². The molecule has 0 bridgehead atoms. The number of piperidine rings is 1. The first-order chi connectivity index (χ1) is 14.1. The molecular weight excluding hydrogens is 389 g/mol. The minimum absolute atomic E-state index is 0.314. The first kappa shape index (κ1) is 22.9. The van der Waals surface area contributed by atoms with Crippen molar-refractivity contribution >= 4 is 18.5 Å². The molecule has 10 heteroatoms. The summed E-state index contributed by atoms with van der Waals surface area (Å²) in [6, 6.07) is 0.314. The Kier molecular flexibility index (Phi) is 7.01. The number of hydrogen-bond acceptors (Lipinski definition) is 8. The molecule has 2 saturated heterocycles. The number of aliphatic hydroxyl groups excluding tert-OH is 2. The number of ether oxygens (including phenoxy) is 1. The van der Waals surface area contributed by atoms with Crippen LogP contribution in [0.15, 0.2) is 12.4 Å². The number of rotatable bonds is 7. The first-order valence-corrected chi connectivity index (χ1v) is 10.5. The largest absolute Gasteiger partial charge is 0.498 e. The van der Waals surface area contributed by atoms with Crippen molar-refractivity contribution in [1.82, 2.24) is 14.9 Å². The number of nitrogens with zero attached hydrogens (tertiary/aromatic N) is 3. The molecular formula is C20H32BN3O6. The molecule has 1 amide bonds. The molecule has 0 spiro atoms. The standard InChI is InChI=1S/C20H32BN3O6/c1-19(2)20(3,4)30-21(29-19)15-11-22-18(23-12-15)28-10-7-14-5-8-24(9-6-14)17(27)16(26)13-25/h11-12,14,16,25-26H,5-10,13H2,1-4H3/t16-/m0/s1. The van der Waals surface area contributed by atoms with Crippen LogP contribution in [0.4, 0.5) is 0 Å². The van der Waals surface area contributed by atoms with Gasteiger partial charge in [-0.3, -0.25) is 4.79 Å². The van der Waals surface area contributed by atoms with E-state index in [4.69, 9.17) is 19.2 Å². The Morgan fingerprint density at radius 1 is 1.23 bits per heavy atom. The quantitative estimate of drug-likeness (QED) is 0.598. The van der Waals surface area contributed by atoms with Gasteiger partial charge < -0.3 is 29.2 Å². The molecule has 2 fully saturated rings. The highest BCUT2D eigenvalue weighted by Gasteiger charge is 2.52. The summed E-state index contributed by atoms with van der Waals surface area (Å²) in [5, 5.41) is 18.4. The van der Waals surface area contributed by atoms with Crippen molar-refractivity contribution in [3.05, 3.63) is 12.4 Å². The highest BCUT2D eigenvalue weighted by Crippen LogP contribution is 2.36. The topological polar surface area (TPSA) is 114 Å². The van der Waals surface area contributed by atoms with Crippen LogP contribution in [0.25, 0.3) is 0 Å². The Hall–Kier alpha value is -1.75. The minimum Gasteiger partial charge on any atom is -0.463 e. The second-order valence-corrected chi connectivity index (χ2v) is 8.99. The number of likely N-dealkylation sites (tertiary alicyclic amines) is 1. The maximum atomic E-state index is 11.9. The van der Waals surface area contributed by atoms with E-state index in [1.165, 1.54) is 0 Å². The van der Waals surface area contributed by atoms with E-state index < -0.39 is 36.9 Å². The van der Waals surface area contributed by atoms with Crippen LogP contribution in [0, 0.1) is 5.92 Å². The van der Waals surface area contributed by atoms with Gasteiger partial charge in [0.1, 0.15) is 0 Å². The molecule has 3 rings (SSSR count). The Morgan fingerprint density at radius 3 is 2.33 bits per heavy atom. The summed E-state index contributed by atoms with van der Waals surface area (Å²) in [6.45, 7) is 9.12. The fraction of sp³-hybridized carbons (Fsp3) is 0.750. The van der Waals surface area contributed by atoms with Crippen molar-refractivity contribution in [1.29, 1.82) is 0 Å². The summed E-state index contributed by atoms with van der Waals surface area (Å²) in [6.07, 6.45) is 4.54. The maximum Gasteiger partial charge on any atom is 0.498 e. The van der Waals surface area contributed by atoms with Crippen LogP contribution in [0.2, 0.25) is 0 Å². The van der Waals surface area contributed by atoms with Crippen molar-refractivity contribution < 1.29 is 29.1 Å². The lowest BCUT2D eigenvalue weighted by Crippen LogP contribution is -2.45. The van der Waals surface area contributed by atoms with Gasteiger partial charge in [0.05, 0.1) is 24.4 Å². The van der Waals surface area contributed by atoms with E-state index in [2.05, 4.69) is 9.97 Å². The molecule has 0 saturated carbocycles. The first-order valence-electron chi connectivity index (χ1n) is 10.5. The predicted octanol–water partition coefficient (Wildman–Crippen LogP) is 0.137. The van der Waals surface area contributed by atoms with E-state index in [0.29, 0.717) is 31.6 Å². The van der Waals surface area contributed by atoms with Crippen molar-refractivity contribution in [2.24, 2.45) is 5.92 Å². The summed E-state index contributed by atoms with van der Waals surface area (Å²) < 4.78 is 17.7. The monoisotopic (exact) mass is 421 g/mol. The molecule has 166 valence electrons. The zero-order chi connectivity index (χ0) is 21.9. The zero-order valence-electron chi connectivity index (χ0n) is 18.2. The van der Waals surface area contributed by atoms with Crippen LogP contribution in [0.1, 0.15) is 47.0 Å². The van der Waals surface area contributed by atoms with Gasteiger partial charge in [-0.15, -0.1) is 0 Å². The number of amides is 1. The molecule has 0 unspecified atom stereocenters. The molecule has 2 aliphatic rings. The average Bonchev–Trinajstić information content (AvgIpc) is 2.95. The van der Waals surface area contributed by atoms with E-state index in [1.54, 1.807) is 17.3 Å². The lowest BCUT2D eigenvalue weighted by molar-refractivity contribution is -0.143. The van der Waals surface area contributed by atoms with Gasteiger partial charge in [-0.25, -0.2) is 9.97 Å². The van der Waals surface area contributed by atoms with Gasteiger partial charge >= 0.3 is 13.1 Å². The lowest BCUT2D eigenvalue weighted by atomic mass is 9.81. The van der Waals surface area contributed by atoms with Crippen molar-refractivity contribution in [3.63, 3.8) is 0 Å². The summed E-state index contributed by atoms with van der Waals surface area (Å²) >= 11 is 0. The Labute approximate surface area is 177 Å². The van der Waals surface area contributed by atoms with Gasteiger partial charge in [-0.1, -0.05) is 0 Å². The average molecular weight is 421 g/mol. The van der Waals surface area contributed by atoms with E-state index in [-0.39, 0.29) is 0 Å². The second kappa shape index (κ2) is 9.17. The Balaban J connectivity index is 1.41. The maximum absolute atomic E-state index is 11.9. The number of carbonyl (C=O) groups excluding carboxylic acids is 1. The van der Waals surface area contributed by atoms with Gasteiger partial charge in [0.25, 0.3) is 5.91 Å². The van der Waals surface area contributed by atoms with Gasteiger partial charge in [0, 0.05) is 30.9 Å². The van der Waals surface area contributed by atoms with Crippen molar-refractivity contribution in [2.45, 2.75) is 64.3 Å². The molecule has 3 heterocycles. The summed E-state index contributed by atoms with van der Waals surface area (Å²) in [5.41, 5.74) is -0.0741. The Bertz CT molecular complexity index is 706. The van der Waals surface area contributed by atoms with Gasteiger partial charge in [-0.2, -0.15) is 0 Å².